The molecule has 0 radical (unpaired) electrons. The molecule has 0 aliphatic rings. The van der Waals surface area contributed by atoms with Gasteiger partial charge in [-0.05, 0) is 39.7 Å². The first-order valence-corrected chi connectivity index (χ1v) is 6.26. The second kappa shape index (κ2) is 5.73. The minimum Gasteiger partial charge on any atom is -0.497 e. The Bertz CT molecular complexity index is 528. The second-order valence-corrected chi connectivity index (χ2v) is 4.71. The highest BCUT2D eigenvalue weighted by Crippen LogP contribution is 2.20. The zero-order chi connectivity index (χ0) is 13.0. The number of nitrogens with two attached hydrogens (primary N) is 1. The van der Waals surface area contributed by atoms with E-state index in [1.54, 1.807) is 13.3 Å². The van der Waals surface area contributed by atoms with Crippen molar-refractivity contribution in [3.05, 3.63) is 46.6 Å². The number of nitrogen functional groups attached to an aromatic ring is 1. The van der Waals surface area contributed by atoms with Crippen LogP contribution in [0.15, 0.2) is 41.0 Å². The van der Waals surface area contributed by atoms with E-state index in [1.807, 2.05) is 30.3 Å². The maximum Gasteiger partial charge on any atom is 0.149 e. The number of nitrogens with one attached hydrogen (secondary N) is 1. The highest BCUT2D eigenvalue weighted by molar-refractivity contribution is 9.10. The highest BCUT2D eigenvalue weighted by Gasteiger charge is 2.01. The molecule has 2 aromatic rings. The average Bonchev–Trinajstić information content (AvgIpc) is 2.38. The van der Waals surface area contributed by atoms with Crippen LogP contribution >= 0.6 is 15.9 Å². The van der Waals surface area contributed by atoms with E-state index < -0.39 is 0 Å². The Morgan fingerprint density at radius 3 is 2.67 bits per heavy atom. The van der Waals surface area contributed by atoms with Crippen molar-refractivity contribution in [3.63, 3.8) is 0 Å². The fourth-order valence-electron chi connectivity index (χ4n) is 1.53. The van der Waals surface area contributed by atoms with E-state index in [0.29, 0.717) is 18.1 Å². The van der Waals surface area contributed by atoms with Crippen molar-refractivity contribution < 1.29 is 4.74 Å². The van der Waals surface area contributed by atoms with E-state index in [2.05, 4.69) is 26.2 Å². The summed E-state index contributed by atoms with van der Waals surface area (Å²) in [5.74, 6) is 1.54. The van der Waals surface area contributed by atoms with Gasteiger partial charge in [0, 0.05) is 17.2 Å². The molecule has 0 saturated heterocycles. The highest BCUT2D eigenvalue weighted by atomic mass is 79.9. The van der Waals surface area contributed by atoms with Crippen LogP contribution in [0, 0.1) is 0 Å². The number of pyridine rings is 1. The molecule has 1 aromatic heterocycles. The summed E-state index contributed by atoms with van der Waals surface area (Å²) in [7, 11) is 1.65. The Morgan fingerprint density at radius 2 is 2.06 bits per heavy atom. The van der Waals surface area contributed by atoms with Crippen molar-refractivity contribution in [3.8, 4) is 5.75 Å². The van der Waals surface area contributed by atoms with Gasteiger partial charge in [-0.25, -0.2) is 4.98 Å². The SMILES string of the molecule is COc1ccc(CNc2ncc(Br)cc2N)cc1. The zero-order valence-corrected chi connectivity index (χ0v) is 11.6. The number of methoxy groups -OCH3 is 1. The van der Waals surface area contributed by atoms with Crippen LogP contribution in [-0.2, 0) is 6.54 Å². The minimum absolute atomic E-state index is 0.623. The third-order valence-electron chi connectivity index (χ3n) is 2.50. The molecule has 4 nitrogen and oxygen atoms in total. The molecule has 0 atom stereocenters. The van der Waals surface area contributed by atoms with Gasteiger partial charge in [-0.1, -0.05) is 12.1 Å². The molecule has 5 heteroatoms. The lowest BCUT2D eigenvalue weighted by molar-refractivity contribution is 0.414. The number of anilines is 2. The number of ether oxygens (including phenoxy) is 1. The molecule has 3 N–H and O–H groups in total. The van der Waals surface area contributed by atoms with Crippen molar-refractivity contribution in [2.75, 3.05) is 18.2 Å². The van der Waals surface area contributed by atoms with E-state index in [9.17, 15) is 0 Å². The van der Waals surface area contributed by atoms with Gasteiger partial charge in [0.15, 0.2) is 0 Å². The predicted molar refractivity (Wildman–Crippen MR) is 76.7 cm³/mol. The van der Waals surface area contributed by atoms with Gasteiger partial charge in [-0.15, -0.1) is 0 Å². The summed E-state index contributed by atoms with van der Waals surface area (Å²) in [5.41, 5.74) is 7.62. The van der Waals surface area contributed by atoms with Crippen molar-refractivity contribution in [1.82, 2.24) is 4.98 Å². The lowest BCUT2D eigenvalue weighted by Gasteiger charge is -2.09. The second-order valence-electron chi connectivity index (χ2n) is 3.79. The van der Waals surface area contributed by atoms with Crippen molar-refractivity contribution >= 4 is 27.4 Å². The van der Waals surface area contributed by atoms with Gasteiger partial charge in [0.1, 0.15) is 11.6 Å². The van der Waals surface area contributed by atoms with Crippen LogP contribution < -0.4 is 15.8 Å². The first-order valence-electron chi connectivity index (χ1n) is 5.47. The average molecular weight is 308 g/mol. The smallest absolute Gasteiger partial charge is 0.149 e. The third-order valence-corrected chi connectivity index (χ3v) is 2.94. The Kier molecular flexibility index (Phi) is 4.04. The quantitative estimate of drug-likeness (QED) is 0.911. The first-order chi connectivity index (χ1) is 8.69. The van der Waals surface area contributed by atoms with Gasteiger partial charge in [-0.3, -0.25) is 0 Å². The summed E-state index contributed by atoms with van der Waals surface area (Å²) < 4.78 is 5.98. The number of halogens is 1. The lowest BCUT2D eigenvalue weighted by atomic mass is 10.2. The Morgan fingerprint density at radius 1 is 1.33 bits per heavy atom. The topological polar surface area (TPSA) is 60.2 Å². The molecule has 0 spiro atoms. The van der Waals surface area contributed by atoms with Crippen LogP contribution in [0.1, 0.15) is 5.56 Å². The molecule has 0 bridgehead atoms. The van der Waals surface area contributed by atoms with E-state index in [-0.39, 0.29) is 0 Å². The number of hydrogen-bond acceptors (Lipinski definition) is 4. The monoisotopic (exact) mass is 307 g/mol. The fourth-order valence-corrected chi connectivity index (χ4v) is 1.88. The van der Waals surface area contributed by atoms with E-state index in [0.717, 1.165) is 15.8 Å². The number of benzene rings is 1. The summed E-state index contributed by atoms with van der Waals surface area (Å²) in [5, 5.41) is 3.20. The van der Waals surface area contributed by atoms with Crippen molar-refractivity contribution in [2.24, 2.45) is 0 Å². The summed E-state index contributed by atoms with van der Waals surface area (Å²) in [6.07, 6.45) is 1.71. The summed E-state index contributed by atoms with van der Waals surface area (Å²) in [6, 6.07) is 9.68. The number of aromatic nitrogens is 1. The summed E-state index contributed by atoms with van der Waals surface area (Å²) >= 11 is 3.32. The van der Waals surface area contributed by atoms with Gasteiger partial charge in [0.2, 0.25) is 0 Å². The number of hydrogen-bond donors (Lipinski definition) is 2. The van der Waals surface area contributed by atoms with E-state index in [4.69, 9.17) is 10.5 Å². The molecule has 0 unspecified atom stereocenters. The maximum absolute atomic E-state index is 5.86. The van der Waals surface area contributed by atoms with E-state index >= 15 is 0 Å². The Labute approximate surface area is 114 Å². The van der Waals surface area contributed by atoms with Crippen LogP contribution in [0.25, 0.3) is 0 Å². The molecular formula is C13H14BrN3O. The molecule has 0 aliphatic carbocycles. The molecule has 2 rings (SSSR count). The Balaban J connectivity index is 2.02. The molecule has 0 amide bonds. The molecule has 94 valence electrons. The molecule has 1 heterocycles. The van der Waals surface area contributed by atoms with Crippen molar-refractivity contribution in [1.29, 1.82) is 0 Å². The largest absolute Gasteiger partial charge is 0.497 e. The van der Waals surface area contributed by atoms with Crippen LogP contribution in [0.5, 0.6) is 5.75 Å². The van der Waals surface area contributed by atoms with Gasteiger partial charge in [0.25, 0.3) is 0 Å². The van der Waals surface area contributed by atoms with Crippen LogP contribution in [0.3, 0.4) is 0 Å². The zero-order valence-electron chi connectivity index (χ0n) is 9.98. The number of rotatable bonds is 4. The third kappa shape index (κ3) is 3.13. The van der Waals surface area contributed by atoms with Crippen molar-refractivity contribution in [2.45, 2.75) is 6.54 Å². The van der Waals surface area contributed by atoms with Crippen LogP contribution in [0.4, 0.5) is 11.5 Å². The van der Waals surface area contributed by atoms with E-state index in [1.165, 1.54) is 0 Å². The molecule has 0 fully saturated rings. The lowest BCUT2D eigenvalue weighted by Crippen LogP contribution is -2.04. The van der Waals surface area contributed by atoms with Gasteiger partial charge < -0.3 is 15.8 Å². The summed E-state index contributed by atoms with van der Waals surface area (Å²) in [6.45, 7) is 0.669. The molecule has 18 heavy (non-hydrogen) atoms. The van der Waals surface area contributed by atoms with Gasteiger partial charge in [-0.2, -0.15) is 0 Å². The molecule has 0 aliphatic heterocycles. The summed E-state index contributed by atoms with van der Waals surface area (Å²) in [4.78, 5) is 4.22. The first kappa shape index (κ1) is 12.7. The van der Waals surface area contributed by atoms with Gasteiger partial charge in [0.05, 0.1) is 12.8 Å². The van der Waals surface area contributed by atoms with Gasteiger partial charge >= 0.3 is 0 Å². The maximum atomic E-state index is 5.86. The molecule has 0 saturated carbocycles. The molecular weight excluding hydrogens is 294 g/mol. The normalized spacial score (nSPS) is 10.1. The fraction of sp³-hybridized carbons (Fsp3) is 0.154. The van der Waals surface area contributed by atoms with Crippen LogP contribution in [0.2, 0.25) is 0 Å². The van der Waals surface area contributed by atoms with Crippen LogP contribution in [-0.4, -0.2) is 12.1 Å². The molecule has 1 aromatic carbocycles. The predicted octanol–water partition coefficient (Wildman–Crippen LogP) is 3.05. The standard InChI is InChI=1S/C13H14BrN3O/c1-18-11-4-2-9(3-5-11)7-16-13-12(15)6-10(14)8-17-13/h2-6,8H,7,15H2,1H3,(H,16,17). The number of nitrogens with zero attached hydrogens (tertiary/aromatic N) is 1. The Hall–Kier alpha value is -1.75. The minimum atomic E-state index is 0.623.